The third-order valence-corrected chi connectivity index (χ3v) is 5.97. The van der Waals surface area contributed by atoms with Crippen LogP contribution in [0, 0.1) is 12.3 Å². The summed E-state index contributed by atoms with van der Waals surface area (Å²) in [6.45, 7) is 2.00. The van der Waals surface area contributed by atoms with Crippen molar-refractivity contribution in [1.82, 2.24) is 19.8 Å². The number of likely N-dealkylation sites (N-methyl/N-ethyl adjacent to an activating group) is 1. The van der Waals surface area contributed by atoms with Crippen LogP contribution in [0.5, 0.6) is 0 Å². The number of nitrogens with one attached hydrogen (secondary N) is 1. The molecule has 0 spiro atoms. The average molecular weight is 431 g/mol. The van der Waals surface area contributed by atoms with Crippen LogP contribution < -0.4 is 5.56 Å². The van der Waals surface area contributed by atoms with Gasteiger partial charge >= 0.3 is 0 Å². The molecule has 1 aliphatic rings. The van der Waals surface area contributed by atoms with Crippen molar-refractivity contribution in [2.75, 3.05) is 26.7 Å². The van der Waals surface area contributed by atoms with E-state index in [-0.39, 0.29) is 30.0 Å². The Kier molecular flexibility index (Phi) is 6.35. The number of hydrogen-bond donors (Lipinski definition) is 2. The van der Waals surface area contributed by atoms with E-state index in [0.717, 1.165) is 29.7 Å². The van der Waals surface area contributed by atoms with Crippen molar-refractivity contribution in [1.29, 1.82) is 0 Å². The first-order valence-corrected chi connectivity index (χ1v) is 10.6. The molecule has 1 saturated heterocycles. The van der Waals surface area contributed by atoms with Gasteiger partial charge in [0.05, 0.1) is 35.8 Å². The standard InChI is InChI=1S/C25H26N4O3/c1-3-17-5-4-6-19(11-17)23(16-29-10-9-20(30)15-29)28(2)25(32)13-18-7-8-21-22(12-18)27-24(31)14-26-21/h1,4-8,11-12,14,20,23,30H,9-10,13,15-16H2,2H3,(H,27,31)/t20?,23-/m1/s1. The molecule has 0 radical (unpaired) electrons. The Labute approximate surface area is 186 Å². The molecule has 3 aromatic rings. The maximum absolute atomic E-state index is 13.3. The molecule has 1 aliphatic heterocycles. The number of benzene rings is 2. The zero-order chi connectivity index (χ0) is 22.7. The van der Waals surface area contributed by atoms with Crippen molar-refractivity contribution in [2.45, 2.75) is 25.0 Å². The molecule has 2 aromatic carbocycles. The molecule has 2 atom stereocenters. The molecule has 164 valence electrons. The summed E-state index contributed by atoms with van der Waals surface area (Å²) in [6, 6.07) is 12.9. The molecule has 1 aromatic heterocycles. The van der Waals surface area contributed by atoms with Gasteiger partial charge < -0.3 is 15.0 Å². The monoisotopic (exact) mass is 430 g/mol. The lowest BCUT2D eigenvalue weighted by Crippen LogP contribution is -2.39. The van der Waals surface area contributed by atoms with E-state index in [2.05, 4.69) is 20.8 Å². The van der Waals surface area contributed by atoms with Gasteiger partial charge in [0.1, 0.15) is 0 Å². The highest BCUT2D eigenvalue weighted by Gasteiger charge is 2.28. The molecule has 2 N–H and O–H groups in total. The Morgan fingerprint density at radius 2 is 2.22 bits per heavy atom. The van der Waals surface area contributed by atoms with Crippen molar-refractivity contribution in [3.8, 4) is 12.3 Å². The number of carbonyl (C=O) groups excluding carboxylic acids is 1. The van der Waals surface area contributed by atoms with Crippen LogP contribution in [0.3, 0.4) is 0 Å². The molecule has 0 aliphatic carbocycles. The minimum atomic E-state index is -0.331. The van der Waals surface area contributed by atoms with Gasteiger partial charge in [0.2, 0.25) is 5.91 Å². The lowest BCUT2D eigenvalue weighted by molar-refractivity contribution is -0.131. The van der Waals surface area contributed by atoms with Crippen molar-refractivity contribution in [2.24, 2.45) is 0 Å². The molecule has 0 bridgehead atoms. The van der Waals surface area contributed by atoms with Gasteiger partial charge in [-0.25, -0.2) is 4.98 Å². The number of likely N-dealkylation sites (tertiary alicyclic amines) is 1. The van der Waals surface area contributed by atoms with Crippen LogP contribution in [0.25, 0.3) is 11.0 Å². The number of H-pyrrole nitrogens is 1. The Morgan fingerprint density at radius 3 is 2.97 bits per heavy atom. The van der Waals surface area contributed by atoms with E-state index in [1.54, 1.807) is 24.1 Å². The number of rotatable bonds is 6. The minimum Gasteiger partial charge on any atom is -0.392 e. The first-order valence-electron chi connectivity index (χ1n) is 10.6. The number of aromatic nitrogens is 2. The van der Waals surface area contributed by atoms with E-state index in [9.17, 15) is 14.7 Å². The minimum absolute atomic E-state index is 0.0496. The number of fused-ring (bicyclic) bond motifs is 1. The summed E-state index contributed by atoms with van der Waals surface area (Å²) in [5.41, 5.74) is 3.52. The second-order valence-electron chi connectivity index (χ2n) is 8.27. The third-order valence-electron chi connectivity index (χ3n) is 5.97. The number of hydrogen-bond acceptors (Lipinski definition) is 5. The zero-order valence-electron chi connectivity index (χ0n) is 18.0. The van der Waals surface area contributed by atoms with Gasteiger partial charge in [-0.05, 0) is 41.8 Å². The summed E-state index contributed by atoms with van der Waals surface area (Å²) in [7, 11) is 1.80. The summed E-state index contributed by atoms with van der Waals surface area (Å²) in [6.07, 6.45) is 7.43. The van der Waals surface area contributed by atoms with Crippen LogP contribution in [0.15, 0.2) is 53.5 Å². The van der Waals surface area contributed by atoms with Crippen molar-refractivity contribution < 1.29 is 9.90 Å². The second kappa shape index (κ2) is 9.35. The Bertz CT molecular complexity index is 1230. The summed E-state index contributed by atoms with van der Waals surface area (Å²) in [5.74, 6) is 2.61. The molecule has 32 heavy (non-hydrogen) atoms. The van der Waals surface area contributed by atoms with Crippen molar-refractivity contribution in [3.63, 3.8) is 0 Å². The smallest absolute Gasteiger partial charge is 0.266 e. The number of nitrogens with zero attached hydrogens (tertiary/aromatic N) is 3. The highest BCUT2D eigenvalue weighted by atomic mass is 16.3. The summed E-state index contributed by atoms with van der Waals surface area (Å²) in [5, 5.41) is 9.93. The molecule has 1 fully saturated rings. The average Bonchev–Trinajstić information content (AvgIpc) is 3.21. The maximum atomic E-state index is 13.3. The van der Waals surface area contributed by atoms with Gasteiger partial charge in [-0.15, -0.1) is 6.42 Å². The fraction of sp³-hybridized carbons (Fsp3) is 0.320. The van der Waals surface area contributed by atoms with Gasteiger partial charge in [0.15, 0.2) is 0 Å². The molecule has 1 unspecified atom stereocenters. The van der Waals surface area contributed by atoms with Gasteiger partial charge in [-0.3, -0.25) is 14.5 Å². The number of amides is 1. The van der Waals surface area contributed by atoms with E-state index in [1.807, 2.05) is 30.3 Å². The molecular formula is C25H26N4O3. The summed E-state index contributed by atoms with van der Waals surface area (Å²) in [4.78, 5) is 35.6. The lowest BCUT2D eigenvalue weighted by atomic mass is 10.0. The van der Waals surface area contributed by atoms with Gasteiger partial charge in [-0.1, -0.05) is 24.1 Å². The van der Waals surface area contributed by atoms with E-state index in [4.69, 9.17) is 6.42 Å². The van der Waals surface area contributed by atoms with Crippen LogP contribution in [-0.2, 0) is 11.2 Å². The number of β-amino-alcohol motifs (C(OH)–C–C–N with tert-alkyl or cyclic N) is 1. The second-order valence-corrected chi connectivity index (χ2v) is 8.27. The Hall–Kier alpha value is -3.47. The quantitative estimate of drug-likeness (QED) is 0.581. The number of terminal acetylenes is 1. The third kappa shape index (κ3) is 4.88. The van der Waals surface area contributed by atoms with Crippen LogP contribution >= 0.6 is 0 Å². The molecule has 0 saturated carbocycles. The highest BCUT2D eigenvalue weighted by Crippen LogP contribution is 2.25. The van der Waals surface area contributed by atoms with Crippen molar-refractivity contribution in [3.05, 3.63) is 75.7 Å². The zero-order valence-corrected chi connectivity index (χ0v) is 18.0. The first-order chi connectivity index (χ1) is 15.4. The van der Waals surface area contributed by atoms with Gasteiger partial charge in [0, 0.05) is 32.2 Å². The lowest BCUT2D eigenvalue weighted by Gasteiger charge is -2.32. The fourth-order valence-electron chi connectivity index (χ4n) is 4.18. The topological polar surface area (TPSA) is 89.5 Å². The van der Waals surface area contributed by atoms with E-state index in [0.29, 0.717) is 24.1 Å². The Morgan fingerprint density at radius 1 is 1.38 bits per heavy atom. The molecular weight excluding hydrogens is 404 g/mol. The first kappa shape index (κ1) is 21.8. The van der Waals surface area contributed by atoms with E-state index < -0.39 is 0 Å². The Balaban J connectivity index is 1.57. The van der Waals surface area contributed by atoms with Gasteiger partial charge in [-0.2, -0.15) is 0 Å². The van der Waals surface area contributed by atoms with Crippen LogP contribution in [-0.4, -0.2) is 63.6 Å². The van der Waals surface area contributed by atoms with E-state index >= 15 is 0 Å². The predicted octanol–water partition coefficient (Wildman–Crippen LogP) is 1.71. The van der Waals surface area contributed by atoms with Crippen LogP contribution in [0.1, 0.15) is 29.2 Å². The van der Waals surface area contributed by atoms with E-state index in [1.165, 1.54) is 6.20 Å². The molecule has 7 heteroatoms. The number of aliphatic hydroxyl groups excluding tert-OH is 1. The van der Waals surface area contributed by atoms with Crippen molar-refractivity contribution >= 4 is 16.9 Å². The molecule has 2 heterocycles. The number of aliphatic hydroxyl groups is 1. The number of aromatic amines is 1. The van der Waals surface area contributed by atoms with Crippen LogP contribution in [0.2, 0.25) is 0 Å². The molecule has 1 amide bonds. The number of carbonyl (C=O) groups is 1. The maximum Gasteiger partial charge on any atom is 0.266 e. The normalized spacial score (nSPS) is 17.2. The molecule has 7 nitrogen and oxygen atoms in total. The van der Waals surface area contributed by atoms with Gasteiger partial charge in [0.25, 0.3) is 5.56 Å². The fourth-order valence-corrected chi connectivity index (χ4v) is 4.18. The SMILES string of the molecule is C#Cc1cccc([C@@H](CN2CCC(O)C2)N(C)C(=O)Cc2ccc3ncc(=O)[nH]c3c2)c1. The predicted molar refractivity (Wildman–Crippen MR) is 123 cm³/mol. The molecule has 4 rings (SSSR count). The summed E-state index contributed by atoms with van der Waals surface area (Å²) < 4.78 is 0. The highest BCUT2D eigenvalue weighted by molar-refractivity contribution is 5.81. The summed E-state index contributed by atoms with van der Waals surface area (Å²) >= 11 is 0. The van der Waals surface area contributed by atoms with Crippen LogP contribution in [0.4, 0.5) is 0 Å². The largest absolute Gasteiger partial charge is 0.392 e.